The Labute approximate surface area is 80.7 Å². The van der Waals surface area contributed by atoms with Gasteiger partial charge in [0.1, 0.15) is 0 Å². The minimum atomic E-state index is 0.218. The van der Waals surface area contributed by atoms with Crippen LogP contribution < -0.4 is 0 Å². The van der Waals surface area contributed by atoms with Crippen LogP contribution in [0.1, 0.15) is 13.8 Å². The highest BCUT2D eigenvalue weighted by molar-refractivity contribution is 5.79. The fraction of sp³-hybridized carbons (Fsp3) is 0.900. The predicted octanol–water partition coefficient (Wildman–Crippen LogP) is 0.662. The highest BCUT2D eigenvalue weighted by atomic mass is 16.2. The first-order valence-electron chi connectivity index (χ1n) is 4.99. The van der Waals surface area contributed by atoms with Gasteiger partial charge >= 0.3 is 0 Å². The quantitative estimate of drug-likeness (QED) is 0.629. The molecular formula is C10H20N2O. The van der Waals surface area contributed by atoms with Crippen molar-refractivity contribution in [2.45, 2.75) is 13.8 Å². The van der Waals surface area contributed by atoms with E-state index < -0.39 is 0 Å². The van der Waals surface area contributed by atoms with E-state index in [1.807, 2.05) is 18.9 Å². The SMILES string of the molecule is CCN(C)C(=O)[C@@H]1CN(C)C[C@H]1C. The molecule has 13 heavy (non-hydrogen) atoms. The third-order valence-corrected chi connectivity index (χ3v) is 2.96. The number of rotatable bonds is 2. The molecule has 0 unspecified atom stereocenters. The number of hydrogen-bond donors (Lipinski definition) is 0. The van der Waals surface area contributed by atoms with Gasteiger partial charge in [-0.25, -0.2) is 0 Å². The maximum atomic E-state index is 11.8. The molecule has 0 bridgehead atoms. The number of hydrogen-bond acceptors (Lipinski definition) is 2. The topological polar surface area (TPSA) is 23.6 Å². The molecule has 1 amide bonds. The Morgan fingerprint density at radius 1 is 1.54 bits per heavy atom. The van der Waals surface area contributed by atoms with E-state index in [9.17, 15) is 4.79 Å². The fourth-order valence-electron chi connectivity index (χ4n) is 1.97. The van der Waals surface area contributed by atoms with Gasteiger partial charge in [-0.2, -0.15) is 0 Å². The molecule has 2 atom stereocenters. The zero-order valence-electron chi connectivity index (χ0n) is 9.08. The predicted molar refractivity (Wildman–Crippen MR) is 53.5 cm³/mol. The number of carbonyl (C=O) groups excluding carboxylic acids is 1. The molecular weight excluding hydrogens is 164 g/mol. The van der Waals surface area contributed by atoms with Crippen LogP contribution in [0.3, 0.4) is 0 Å². The van der Waals surface area contributed by atoms with Gasteiger partial charge in [0.2, 0.25) is 5.91 Å². The van der Waals surface area contributed by atoms with Gasteiger partial charge in [-0.1, -0.05) is 6.92 Å². The minimum Gasteiger partial charge on any atom is -0.346 e. The van der Waals surface area contributed by atoms with Gasteiger partial charge in [-0.3, -0.25) is 4.79 Å². The summed E-state index contributed by atoms with van der Waals surface area (Å²) in [6, 6.07) is 0. The van der Waals surface area contributed by atoms with Gasteiger partial charge in [0, 0.05) is 26.7 Å². The van der Waals surface area contributed by atoms with Gasteiger partial charge < -0.3 is 9.80 Å². The van der Waals surface area contributed by atoms with Crippen molar-refractivity contribution in [3.8, 4) is 0 Å². The van der Waals surface area contributed by atoms with Crippen LogP contribution in [0.5, 0.6) is 0 Å². The van der Waals surface area contributed by atoms with Crippen molar-refractivity contribution in [3.63, 3.8) is 0 Å². The molecule has 1 aliphatic rings. The van der Waals surface area contributed by atoms with Crippen LogP contribution in [0.15, 0.2) is 0 Å². The summed E-state index contributed by atoms with van der Waals surface area (Å²) in [5, 5.41) is 0. The average molecular weight is 184 g/mol. The highest BCUT2D eigenvalue weighted by Gasteiger charge is 2.33. The summed E-state index contributed by atoms with van der Waals surface area (Å²) in [5.41, 5.74) is 0. The Morgan fingerprint density at radius 3 is 2.54 bits per heavy atom. The average Bonchev–Trinajstić information content (AvgIpc) is 2.42. The second kappa shape index (κ2) is 4.09. The molecule has 0 N–H and O–H groups in total. The van der Waals surface area contributed by atoms with Crippen molar-refractivity contribution < 1.29 is 4.79 Å². The molecule has 0 aromatic rings. The van der Waals surface area contributed by atoms with Gasteiger partial charge in [-0.15, -0.1) is 0 Å². The third kappa shape index (κ3) is 2.21. The highest BCUT2D eigenvalue weighted by Crippen LogP contribution is 2.22. The summed E-state index contributed by atoms with van der Waals surface area (Å²) in [6.45, 7) is 6.96. The first-order valence-corrected chi connectivity index (χ1v) is 4.99. The van der Waals surface area contributed by atoms with E-state index in [-0.39, 0.29) is 5.92 Å². The van der Waals surface area contributed by atoms with Crippen molar-refractivity contribution in [1.29, 1.82) is 0 Å². The molecule has 1 fully saturated rings. The number of amides is 1. The molecule has 0 spiro atoms. The Bertz CT molecular complexity index is 193. The molecule has 3 nitrogen and oxygen atoms in total. The second-order valence-electron chi connectivity index (χ2n) is 4.16. The van der Waals surface area contributed by atoms with Crippen molar-refractivity contribution in [3.05, 3.63) is 0 Å². The molecule has 0 aromatic carbocycles. The van der Waals surface area contributed by atoms with Gasteiger partial charge in [0.15, 0.2) is 0 Å². The molecule has 0 aliphatic carbocycles. The van der Waals surface area contributed by atoms with E-state index >= 15 is 0 Å². The van der Waals surface area contributed by atoms with E-state index in [4.69, 9.17) is 0 Å². The standard InChI is InChI=1S/C10H20N2O/c1-5-12(4)10(13)9-7-11(3)6-8(9)2/h8-9H,5-7H2,1-4H3/t8-,9-/m1/s1. The Hall–Kier alpha value is -0.570. The van der Waals surface area contributed by atoms with E-state index in [1.165, 1.54) is 0 Å². The van der Waals surface area contributed by atoms with Crippen molar-refractivity contribution in [2.75, 3.05) is 33.7 Å². The van der Waals surface area contributed by atoms with E-state index in [1.54, 1.807) is 0 Å². The Balaban J connectivity index is 2.57. The molecule has 1 saturated heterocycles. The molecule has 0 radical (unpaired) electrons. The molecule has 3 heteroatoms. The smallest absolute Gasteiger partial charge is 0.227 e. The summed E-state index contributed by atoms with van der Waals surface area (Å²) in [4.78, 5) is 15.9. The molecule has 1 aliphatic heterocycles. The molecule has 1 heterocycles. The van der Waals surface area contributed by atoms with Gasteiger partial charge in [0.25, 0.3) is 0 Å². The van der Waals surface area contributed by atoms with Crippen LogP contribution in [0.4, 0.5) is 0 Å². The molecule has 76 valence electrons. The fourth-order valence-corrected chi connectivity index (χ4v) is 1.97. The lowest BCUT2D eigenvalue weighted by Gasteiger charge is -2.21. The van der Waals surface area contributed by atoms with Crippen LogP contribution >= 0.6 is 0 Å². The van der Waals surface area contributed by atoms with Crippen molar-refractivity contribution >= 4 is 5.91 Å². The largest absolute Gasteiger partial charge is 0.346 e. The monoisotopic (exact) mass is 184 g/mol. The zero-order chi connectivity index (χ0) is 10.0. The Morgan fingerprint density at radius 2 is 2.15 bits per heavy atom. The number of likely N-dealkylation sites (tertiary alicyclic amines) is 1. The Kier molecular flexibility index (Phi) is 3.31. The maximum absolute atomic E-state index is 11.8. The summed E-state index contributed by atoms with van der Waals surface area (Å²) in [5.74, 6) is 1.03. The van der Waals surface area contributed by atoms with Crippen LogP contribution in [0.2, 0.25) is 0 Å². The summed E-state index contributed by atoms with van der Waals surface area (Å²) in [6.07, 6.45) is 0. The number of nitrogens with zero attached hydrogens (tertiary/aromatic N) is 2. The van der Waals surface area contributed by atoms with E-state index in [0.29, 0.717) is 11.8 Å². The van der Waals surface area contributed by atoms with Crippen molar-refractivity contribution in [2.24, 2.45) is 11.8 Å². The zero-order valence-corrected chi connectivity index (χ0v) is 9.08. The number of carbonyl (C=O) groups is 1. The van der Waals surface area contributed by atoms with Gasteiger partial charge in [-0.05, 0) is 19.9 Å². The summed E-state index contributed by atoms with van der Waals surface area (Å²) < 4.78 is 0. The normalized spacial score (nSPS) is 29.2. The third-order valence-electron chi connectivity index (χ3n) is 2.96. The molecule has 0 aromatic heterocycles. The maximum Gasteiger partial charge on any atom is 0.227 e. The van der Waals surface area contributed by atoms with Crippen LogP contribution in [0.25, 0.3) is 0 Å². The van der Waals surface area contributed by atoms with Gasteiger partial charge in [0.05, 0.1) is 5.92 Å². The van der Waals surface area contributed by atoms with Crippen LogP contribution in [0, 0.1) is 11.8 Å². The van der Waals surface area contributed by atoms with E-state index in [0.717, 1.165) is 19.6 Å². The van der Waals surface area contributed by atoms with Crippen molar-refractivity contribution in [1.82, 2.24) is 9.80 Å². The molecule has 1 rings (SSSR count). The lowest BCUT2D eigenvalue weighted by molar-refractivity contribution is -0.134. The van der Waals surface area contributed by atoms with Crippen LogP contribution in [-0.2, 0) is 4.79 Å². The molecule has 0 saturated carbocycles. The first-order chi connectivity index (χ1) is 6.06. The summed E-state index contributed by atoms with van der Waals surface area (Å²) in [7, 11) is 3.96. The second-order valence-corrected chi connectivity index (χ2v) is 4.16. The van der Waals surface area contributed by atoms with Crippen LogP contribution in [-0.4, -0.2) is 49.4 Å². The summed E-state index contributed by atoms with van der Waals surface area (Å²) >= 11 is 0. The van der Waals surface area contributed by atoms with E-state index in [2.05, 4.69) is 18.9 Å². The minimum absolute atomic E-state index is 0.218. The first kappa shape index (κ1) is 10.5. The lowest BCUT2D eigenvalue weighted by Crippen LogP contribution is -2.35. The lowest BCUT2D eigenvalue weighted by atomic mass is 9.97.